The number of oxime groups is 1. The van der Waals surface area contributed by atoms with Crippen molar-refractivity contribution in [3.05, 3.63) is 56.4 Å². The molecule has 13 heteroatoms. The fourth-order valence-electron chi connectivity index (χ4n) is 2.49. The Morgan fingerprint density at radius 3 is 2.62 bits per heavy atom. The van der Waals surface area contributed by atoms with E-state index in [0.717, 1.165) is 12.3 Å². The maximum absolute atomic E-state index is 15.0. The SMILES string of the molecule is CCC(=O)NCCON=Cc1cc(C(=O)NOCCO)c(Nc2ccc(I)cc2F)c(F)c1F. The molecular formula is C21H22F3IN4O5. The summed E-state index contributed by atoms with van der Waals surface area (Å²) in [6, 6.07) is 4.97. The summed E-state index contributed by atoms with van der Waals surface area (Å²) < 4.78 is 44.5. The van der Waals surface area contributed by atoms with E-state index in [1.54, 1.807) is 6.92 Å². The molecule has 0 saturated heterocycles. The molecule has 4 N–H and O–H groups in total. The Morgan fingerprint density at radius 2 is 1.94 bits per heavy atom. The Bertz CT molecular complexity index is 1060. The number of carbonyl (C=O) groups excluding carboxylic acids is 2. The van der Waals surface area contributed by atoms with Crippen molar-refractivity contribution in [1.29, 1.82) is 0 Å². The molecule has 2 aromatic rings. The van der Waals surface area contributed by atoms with Gasteiger partial charge in [0.1, 0.15) is 12.4 Å². The number of halogens is 4. The molecule has 0 heterocycles. The number of aliphatic hydroxyl groups is 1. The lowest BCUT2D eigenvalue weighted by molar-refractivity contribution is -0.121. The van der Waals surface area contributed by atoms with Gasteiger partial charge in [-0.2, -0.15) is 0 Å². The molecule has 2 rings (SSSR count). The lowest BCUT2D eigenvalue weighted by Gasteiger charge is -2.15. The van der Waals surface area contributed by atoms with Crippen molar-refractivity contribution in [3.63, 3.8) is 0 Å². The smallest absolute Gasteiger partial charge is 0.277 e. The third kappa shape index (κ3) is 7.85. The van der Waals surface area contributed by atoms with E-state index >= 15 is 0 Å². The van der Waals surface area contributed by atoms with Gasteiger partial charge in [-0.05, 0) is 46.9 Å². The molecule has 0 unspecified atom stereocenters. The Hall–Kier alpha value is -2.91. The number of hydrogen-bond acceptors (Lipinski definition) is 7. The van der Waals surface area contributed by atoms with E-state index in [2.05, 4.69) is 15.8 Å². The minimum atomic E-state index is -1.47. The lowest BCUT2D eigenvalue weighted by atomic mass is 10.1. The van der Waals surface area contributed by atoms with E-state index in [1.165, 1.54) is 18.2 Å². The van der Waals surface area contributed by atoms with Crippen LogP contribution in [0.25, 0.3) is 0 Å². The van der Waals surface area contributed by atoms with Crippen LogP contribution in [0.2, 0.25) is 0 Å². The van der Waals surface area contributed by atoms with Crippen molar-refractivity contribution in [2.45, 2.75) is 13.3 Å². The number of hydrogen-bond donors (Lipinski definition) is 4. The minimum absolute atomic E-state index is 0.0274. The van der Waals surface area contributed by atoms with Gasteiger partial charge in [-0.25, -0.2) is 18.7 Å². The molecule has 9 nitrogen and oxygen atoms in total. The molecular weight excluding hydrogens is 572 g/mol. The fourth-order valence-corrected chi connectivity index (χ4v) is 2.94. The van der Waals surface area contributed by atoms with E-state index in [9.17, 15) is 22.8 Å². The number of benzene rings is 2. The third-order valence-corrected chi connectivity index (χ3v) is 4.80. The highest BCUT2D eigenvalue weighted by Gasteiger charge is 2.23. The second-order valence-electron chi connectivity index (χ2n) is 6.54. The molecule has 0 aliphatic carbocycles. The number of anilines is 2. The first-order valence-electron chi connectivity index (χ1n) is 9.97. The van der Waals surface area contributed by atoms with Gasteiger partial charge in [-0.1, -0.05) is 12.1 Å². The van der Waals surface area contributed by atoms with Gasteiger partial charge in [-0.3, -0.25) is 14.4 Å². The zero-order valence-corrected chi connectivity index (χ0v) is 20.1. The van der Waals surface area contributed by atoms with Crippen LogP contribution in [0.1, 0.15) is 29.3 Å². The summed E-state index contributed by atoms with van der Waals surface area (Å²) in [4.78, 5) is 33.3. The van der Waals surface area contributed by atoms with Crippen molar-refractivity contribution < 1.29 is 37.5 Å². The van der Waals surface area contributed by atoms with Gasteiger partial charge in [0.15, 0.2) is 11.6 Å². The van der Waals surface area contributed by atoms with Crippen LogP contribution in [0, 0.1) is 21.0 Å². The standard InChI is InChI=1S/C21H22F3IN4O5/c1-2-17(31)26-5-7-33-27-11-12-9-14(21(32)29-34-8-6-30)20(19(24)18(12)23)28-16-4-3-13(25)10-15(16)22/h3-4,9-11,28,30H,2,5-8H2,1H3,(H,26,31)(H,29,32). The molecule has 0 bridgehead atoms. The quantitative estimate of drug-likeness (QED) is 0.130. The van der Waals surface area contributed by atoms with Crippen LogP contribution in [-0.4, -0.2) is 49.5 Å². The maximum Gasteiger partial charge on any atom is 0.277 e. The highest BCUT2D eigenvalue weighted by molar-refractivity contribution is 14.1. The molecule has 0 atom stereocenters. The van der Waals surface area contributed by atoms with Gasteiger partial charge in [0.2, 0.25) is 5.91 Å². The van der Waals surface area contributed by atoms with Gasteiger partial charge < -0.3 is 20.6 Å². The van der Waals surface area contributed by atoms with Crippen molar-refractivity contribution in [1.82, 2.24) is 10.8 Å². The van der Waals surface area contributed by atoms with Gasteiger partial charge in [0.25, 0.3) is 5.91 Å². The first-order chi connectivity index (χ1) is 16.3. The number of aliphatic hydroxyl groups excluding tert-OH is 1. The minimum Gasteiger partial charge on any atom is -0.394 e. The summed E-state index contributed by atoms with van der Waals surface area (Å²) in [7, 11) is 0. The number of nitrogens with one attached hydrogen (secondary N) is 3. The lowest BCUT2D eigenvalue weighted by Crippen LogP contribution is -2.26. The molecule has 0 fully saturated rings. The van der Waals surface area contributed by atoms with Crippen LogP contribution in [0.15, 0.2) is 29.4 Å². The monoisotopic (exact) mass is 594 g/mol. The number of rotatable bonds is 12. The van der Waals surface area contributed by atoms with Crippen molar-refractivity contribution in [2.24, 2.45) is 5.16 Å². The third-order valence-electron chi connectivity index (χ3n) is 4.13. The van der Waals surface area contributed by atoms with E-state index in [1.807, 2.05) is 28.1 Å². The van der Waals surface area contributed by atoms with Crippen LogP contribution in [0.5, 0.6) is 0 Å². The summed E-state index contributed by atoms with van der Waals surface area (Å²) in [6.45, 7) is 1.16. The normalized spacial score (nSPS) is 10.9. The summed E-state index contributed by atoms with van der Waals surface area (Å²) in [5.74, 6) is -4.76. The topological polar surface area (TPSA) is 121 Å². The van der Waals surface area contributed by atoms with Crippen LogP contribution in [0.3, 0.4) is 0 Å². The zero-order valence-electron chi connectivity index (χ0n) is 18.0. The number of nitrogens with zero attached hydrogens (tertiary/aromatic N) is 1. The van der Waals surface area contributed by atoms with Crippen molar-refractivity contribution in [3.8, 4) is 0 Å². The summed E-state index contributed by atoms with van der Waals surface area (Å²) >= 11 is 1.88. The molecule has 0 aliphatic rings. The largest absolute Gasteiger partial charge is 0.394 e. The average molecular weight is 594 g/mol. The van der Waals surface area contributed by atoms with Gasteiger partial charge in [-0.15, -0.1) is 0 Å². The Labute approximate surface area is 206 Å². The van der Waals surface area contributed by atoms with Crippen LogP contribution in [0.4, 0.5) is 24.5 Å². The van der Waals surface area contributed by atoms with E-state index in [4.69, 9.17) is 14.8 Å². The van der Waals surface area contributed by atoms with Gasteiger partial charge >= 0.3 is 0 Å². The number of hydroxylamine groups is 1. The molecule has 0 spiro atoms. The average Bonchev–Trinajstić information content (AvgIpc) is 2.81. The highest BCUT2D eigenvalue weighted by atomic mass is 127. The van der Waals surface area contributed by atoms with Crippen molar-refractivity contribution in [2.75, 3.05) is 31.7 Å². The molecule has 2 aromatic carbocycles. The summed E-state index contributed by atoms with van der Waals surface area (Å²) in [5, 5.41) is 17.2. The van der Waals surface area contributed by atoms with E-state index < -0.39 is 46.8 Å². The zero-order chi connectivity index (χ0) is 25.1. The highest BCUT2D eigenvalue weighted by Crippen LogP contribution is 2.30. The van der Waals surface area contributed by atoms with Crippen molar-refractivity contribution >= 4 is 52.0 Å². The van der Waals surface area contributed by atoms with Crippen LogP contribution < -0.4 is 16.1 Å². The second kappa shape index (κ2) is 13.7. The van der Waals surface area contributed by atoms with Gasteiger partial charge in [0.05, 0.1) is 42.9 Å². The van der Waals surface area contributed by atoms with Crippen LogP contribution >= 0.6 is 22.6 Å². The Kier molecular flexibility index (Phi) is 11.0. The molecule has 0 aliphatic heterocycles. The summed E-state index contributed by atoms with van der Waals surface area (Å²) in [5.41, 5.74) is 0.298. The molecule has 2 amide bonds. The molecule has 0 radical (unpaired) electrons. The first-order valence-corrected chi connectivity index (χ1v) is 11.0. The first kappa shape index (κ1) is 27.3. The van der Waals surface area contributed by atoms with E-state index in [-0.39, 0.29) is 31.4 Å². The second-order valence-corrected chi connectivity index (χ2v) is 7.79. The van der Waals surface area contributed by atoms with Gasteiger partial charge in [0, 0.05) is 15.6 Å². The molecule has 184 valence electrons. The Morgan fingerprint density at radius 1 is 1.18 bits per heavy atom. The molecule has 0 aromatic heterocycles. The fraction of sp³-hybridized carbons (Fsp3) is 0.286. The predicted octanol–water partition coefficient (Wildman–Crippen LogP) is 2.98. The number of amides is 2. The molecule has 0 saturated carbocycles. The number of carbonyl (C=O) groups is 2. The maximum atomic E-state index is 15.0. The summed E-state index contributed by atoms with van der Waals surface area (Å²) in [6.07, 6.45) is 1.15. The Balaban J connectivity index is 2.31. The predicted molar refractivity (Wildman–Crippen MR) is 126 cm³/mol. The van der Waals surface area contributed by atoms with Crippen LogP contribution in [-0.2, 0) is 14.5 Å². The van der Waals surface area contributed by atoms with E-state index in [0.29, 0.717) is 9.99 Å². The molecule has 34 heavy (non-hydrogen) atoms.